The zero-order valence-corrected chi connectivity index (χ0v) is 12.2. The Kier molecular flexibility index (Phi) is 4.50. The van der Waals surface area contributed by atoms with Gasteiger partial charge in [0, 0.05) is 22.3 Å². The molecule has 0 bridgehead atoms. The van der Waals surface area contributed by atoms with Crippen molar-refractivity contribution in [1.82, 2.24) is 0 Å². The van der Waals surface area contributed by atoms with Crippen molar-refractivity contribution < 1.29 is 14.6 Å². The molecule has 108 valence electrons. The highest BCUT2D eigenvalue weighted by atomic mass is 32.2. The molecular weight excluding hydrogens is 260 g/mol. The van der Waals surface area contributed by atoms with Gasteiger partial charge in [0.1, 0.15) is 5.78 Å². The van der Waals surface area contributed by atoms with E-state index in [4.69, 9.17) is 9.84 Å². The second kappa shape index (κ2) is 6.15. The Morgan fingerprint density at radius 1 is 1.11 bits per heavy atom. The Morgan fingerprint density at radius 3 is 2.74 bits per heavy atom. The van der Waals surface area contributed by atoms with E-state index in [9.17, 15) is 4.79 Å². The molecule has 3 aliphatic rings. The molecule has 0 amide bonds. The minimum Gasteiger partial charge on any atom is -0.394 e. The summed E-state index contributed by atoms with van der Waals surface area (Å²) in [7, 11) is 0. The average molecular weight is 284 g/mol. The quantitative estimate of drug-likeness (QED) is 0.864. The van der Waals surface area contributed by atoms with Crippen LogP contribution in [0.2, 0.25) is 0 Å². The van der Waals surface area contributed by atoms with E-state index in [0.29, 0.717) is 28.8 Å². The lowest BCUT2D eigenvalue weighted by Crippen LogP contribution is -2.47. The summed E-state index contributed by atoms with van der Waals surface area (Å²) < 4.78 is 5.65. The average Bonchev–Trinajstić information content (AvgIpc) is 2.46. The molecule has 5 atom stereocenters. The molecule has 2 saturated carbocycles. The van der Waals surface area contributed by atoms with E-state index in [1.807, 2.05) is 0 Å². The third-order valence-corrected chi connectivity index (χ3v) is 6.79. The molecule has 5 unspecified atom stereocenters. The van der Waals surface area contributed by atoms with Gasteiger partial charge in [-0.05, 0) is 32.1 Å². The summed E-state index contributed by atoms with van der Waals surface area (Å²) in [6.45, 7) is 0.493. The van der Waals surface area contributed by atoms with Crippen LogP contribution in [0.1, 0.15) is 44.9 Å². The van der Waals surface area contributed by atoms with Gasteiger partial charge >= 0.3 is 0 Å². The lowest BCUT2D eigenvalue weighted by molar-refractivity contribution is -0.131. The third kappa shape index (κ3) is 2.86. The van der Waals surface area contributed by atoms with E-state index in [1.165, 1.54) is 19.3 Å². The van der Waals surface area contributed by atoms with Crippen molar-refractivity contribution in [2.45, 2.75) is 61.5 Å². The van der Waals surface area contributed by atoms with Crippen LogP contribution in [-0.4, -0.2) is 40.7 Å². The highest BCUT2D eigenvalue weighted by Gasteiger charge is 2.47. The number of carbonyl (C=O) groups is 1. The minimum absolute atomic E-state index is 0.0813. The van der Waals surface area contributed by atoms with E-state index in [-0.39, 0.29) is 18.6 Å². The zero-order chi connectivity index (χ0) is 13.2. The Labute approximate surface area is 119 Å². The fraction of sp³-hybridized carbons (Fsp3) is 0.933. The number of ketones is 1. The monoisotopic (exact) mass is 284 g/mol. The van der Waals surface area contributed by atoms with E-state index >= 15 is 0 Å². The maximum absolute atomic E-state index is 12.7. The maximum atomic E-state index is 12.7. The molecular formula is C15H24O3S. The van der Waals surface area contributed by atoms with Crippen molar-refractivity contribution in [2.75, 3.05) is 13.2 Å². The van der Waals surface area contributed by atoms with Gasteiger partial charge in [-0.1, -0.05) is 12.8 Å². The van der Waals surface area contributed by atoms with Crippen molar-refractivity contribution in [3.63, 3.8) is 0 Å². The second-order valence-corrected chi connectivity index (χ2v) is 7.63. The van der Waals surface area contributed by atoms with Crippen molar-refractivity contribution in [1.29, 1.82) is 0 Å². The summed E-state index contributed by atoms with van der Waals surface area (Å²) in [5.41, 5.74) is 0. The number of thioether (sulfide) groups is 1. The van der Waals surface area contributed by atoms with Crippen molar-refractivity contribution in [3.8, 4) is 0 Å². The number of carbonyl (C=O) groups excluding carboxylic acids is 1. The van der Waals surface area contributed by atoms with Crippen LogP contribution in [0.25, 0.3) is 0 Å². The van der Waals surface area contributed by atoms with Crippen molar-refractivity contribution in [3.05, 3.63) is 0 Å². The lowest BCUT2D eigenvalue weighted by atomic mass is 9.74. The van der Waals surface area contributed by atoms with Crippen LogP contribution in [0.15, 0.2) is 0 Å². The van der Waals surface area contributed by atoms with Crippen LogP contribution < -0.4 is 0 Å². The molecule has 1 saturated heterocycles. The molecule has 0 spiro atoms. The predicted octanol–water partition coefficient (Wildman–Crippen LogP) is 2.41. The molecule has 0 aromatic heterocycles. The molecule has 1 aliphatic heterocycles. The van der Waals surface area contributed by atoms with E-state index in [0.717, 1.165) is 25.7 Å². The SMILES string of the molecule is O=C1C2CCCCC2SC2CCC(OCCO)CC12. The minimum atomic E-state index is 0.0813. The zero-order valence-electron chi connectivity index (χ0n) is 11.4. The Morgan fingerprint density at radius 2 is 1.89 bits per heavy atom. The first kappa shape index (κ1) is 13.9. The molecule has 0 aromatic rings. The van der Waals surface area contributed by atoms with Crippen LogP contribution in [0.5, 0.6) is 0 Å². The molecule has 1 heterocycles. The molecule has 19 heavy (non-hydrogen) atoms. The van der Waals surface area contributed by atoms with Gasteiger partial charge in [0.05, 0.1) is 19.3 Å². The van der Waals surface area contributed by atoms with Crippen LogP contribution >= 0.6 is 11.8 Å². The number of aliphatic hydroxyl groups excluding tert-OH is 1. The van der Waals surface area contributed by atoms with E-state index in [2.05, 4.69) is 11.8 Å². The largest absolute Gasteiger partial charge is 0.394 e. The number of rotatable bonds is 3. The Hall–Kier alpha value is -0.0600. The highest BCUT2D eigenvalue weighted by Crippen LogP contribution is 2.49. The molecule has 2 aliphatic carbocycles. The summed E-state index contributed by atoms with van der Waals surface area (Å²) in [5, 5.41) is 9.99. The first-order valence-corrected chi connectivity index (χ1v) is 8.65. The number of fused-ring (bicyclic) bond motifs is 2. The normalized spacial score (nSPS) is 42.6. The number of ether oxygens (including phenoxy) is 1. The van der Waals surface area contributed by atoms with Crippen molar-refractivity contribution in [2.24, 2.45) is 11.8 Å². The van der Waals surface area contributed by atoms with Gasteiger partial charge in [-0.15, -0.1) is 0 Å². The van der Waals surface area contributed by atoms with Crippen LogP contribution in [0, 0.1) is 11.8 Å². The molecule has 3 nitrogen and oxygen atoms in total. The van der Waals surface area contributed by atoms with Crippen molar-refractivity contribution >= 4 is 17.5 Å². The maximum Gasteiger partial charge on any atom is 0.141 e. The van der Waals surface area contributed by atoms with Gasteiger partial charge in [0.25, 0.3) is 0 Å². The summed E-state index contributed by atoms with van der Waals surface area (Å²) in [6, 6.07) is 0. The summed E-state index contributed by atoms with van der Waals surface area (Å²) >= 11 is 2.10. The fourth-order valence-electron chi connectivity index (χ4n) is 4.02. The molecule has 0 radical (unpaired) electrons. The molecule has 4 heteroatoms. The first-order chi connectivity index (χ1) is 9.29. The molecule has 3 fully saturated rings. The third-order valence-electron chi connectivity index (χ3n) is 4.97. The van der Waals surface area contributed by atoms with E-state index in [1.54, 1.807) is 0 Å². The highest BCUT2D eigenvalue weighted by molar-refractivity contribution is 8.00. The number of hydrogen-bond donors (Lipinski definition) is 1. The topological polar surface area (TPSA) is 46.5 Å². The summed E-state index contributed by atoms with van der Waals surface area (Å²) in [5.74, 6) is 1.09. The van der Waals surface area contributed by atoms with Gasteiger partial charge in [0.15, 0.2) is 0 Å². The van der Waals surface area contributed by atoms with Gasteiger partial charge < -0.3 is 9.84 Å². The number of hydrogen-bond acceptors (Lipinski definition) is 4. The number of Topliss-reactive ketones (excluding diaryl/α,β-unsaturated/α-hetero) is 1. The Balaban J connectivity index is 1.64. The summed E-state index contributed by atoms with van der Waals surface area (Å²) in [4.78, 5) is 12.7. The second-order valence-electron chi connectivity index (χ2n) is 6.14. The number of aliphatic hydroxyl groups is 1. The first-order valence-electron chi connectivity index (χ1n) is 7.71. The van der Waals surface area contributed by atoms with Gasteiger partial charge in [-0.3, -0.25) is 4.79 Å². The smallest absolute Gasteiger partial charge is 0.141 e. The summed E-state index contributed by atoms with van der Waals surface area (Å²) in [6.07, 6.45) is 8.14. The standard InChI is InChI=1S/C15H24O3S/c16-7-8-18-10-5-6-14-12(9-10)15(17)11-3-1-2-4-13(11)19-14/h10-14,16H,1-9H2. The van der Waals surface area contributed by atoms with Gasteiger partial charge in [0.2, 0.25) is 0 Å². The molecule has 3 rings (SSSR count). The van der Waals surface area contributed by atoms with Crippen LogP contribution in [-0.2, 0) is 9.53 Å². The van der Waals surface area contributed by atoms with Crippen LogP contribution in [0.3, 0.4) is 0 Å². The Bertz CT molecular complexity index is 333. The molecule has 1 N–H and O–H groups in total. The van der Waals surface area contributed by atoms with Gasteiger partial charge in [-0.25, -0.2) is 0 Å². The van der Waals surface area contributed by atoms with Gasteiger partial charge in [-0.2, -0.15) is 11.8 Å². The molecule has 0 aromatic carbocycles. The van der Waals surface area contributed by atoms with E-state index < -0.39 is 0 Å². The van der Waals surface area contributed by atoms with Crippen LogP contribution in [0.4, 0.5) is 0 Å². The lowest BCUT2D eigenvalue weighted by Gasteiger charge is -2.45. The predicted molar refractivity (Wildman–Crippen MR) is 76.3 cm³/mol. The fourth-order valence-corrected chi connectivity index (χ4v) is 5.94.